The van der Waals surface area contributed by atoms with Crippen molar-refractivity contribution in [2.24, 2.45) is 5.92 Å². The van der Waals surface area contributed by atoms with Crippen LogP contribution < -0.4 is 0 Å². The highest BCUT2D eigenvalue weighted by Crippen LogP contribution is 2.37. The molecule has 2 unspecified atom stereocenters. The average molecular weight is 168 g/mol. The number of carbonyl (C=O) groups excluding carboxylic acids is 1. The Kier molecular flexibility index (Phi) is 1.68. The lowest BCUT2D eigenvalue weighted by atomic mass is 9.81. The topological polar surface area (TPSA) is 46.5 Å². The number of hydrogen-bond acceptors (Lipinski definition) is 3. The van der Waals surface area contributed by atoms with Crippen LogP contribution in [0.4, 0.5) is 0 Å². The van der Waals surface area contributed by atoms with Gasteiger partial charge in [0.2, 0.25) is 0 Å². The molecule has 2 aliphatic rings. The predicted octanol–water partition coefficient (Wildman–Crippen LogP) is 0.629. The van der Waals surface area contributed by atoms with Crippen molar-refractivity contribution in [3.8, 4) is 0 Å². The molecule has 3 nitrogen and oxygen atoms in total. The highest BCUT2D eigenvalue weighted by atomic mass is 16.6. The molecule has 0 aromatic carbocycles. The maximum absolute atomic E-state index is 11.1. The Labute approximate surface area is 71.0 Å². The van der Waals surface area contributed by atoms with Gasteiger partial charge in [-0.15, -0.1) is 0 Å². The van der Waals surface area contributed by atoms with Crippen LogP contribution >= 0.6 is 0 Å². The maximum atomic E-state index is 11.1. The van der Waals surface area contributed by atoms with Crippen LogP contribution in [0.3, 0.4) is 0 Å². The summed E-state index contributed by atoms with van der Waals surface area (Å²) in [7, 11) is 0. The number of rotatable bonds is 0. The molecule has 0 amide bonds. The van der Waals surface area contributed by atoms with Crippen LogP contribution in [0.1, 0.15) is 19.3 Å². The number of aliphatic hydroxyl groups is 1. The zero-order valence-corrected chi connectivity index (χ0v) is 6.82. The van der Waals surface area contributed by atoms with Gasteiger partial charge >= 0.3 is 5.97 Å². The molecule has 1 saturated heterocycles. The Morgan fingerprint density at radius 2 is 2.25 bits per heavy atom. The Bertz CT molecular complexity index is 234. The Balaban J connectivity index is 2.23. The van der Waals surface area contributed by atoms with Gasteiger partial charge in [-0.1, -0.05) is 6.58 Å². The van der Waals surface area contributed by atoms with Crippen molar-refractivity contribution >= 4 is 5.97 Å². The molecule has 0 radical (unpaired) electrons. The van der Waals surface area contributed by atoms with E-state index in [1.165, 1.54) is 0 Å². The van der Waals surface area contributed by atoms with Gasteiger partial charge in [0.1, 0.15) is 6.10 Å². The van der Waals surface area contributed by atoms with Crippen molar-refractivity contribution in [2.75, 3.05) is 0 Å². The van der Waals surface area contributed by atoms with Crippen LogP contribution in [0, 0.1) is 5.92 Å². The molecule has 66 valence electrons. The highest BCUT2D eigenvalue weighted by Gasteiger charge is 2.44. The summed E-state index contributed by atoms with van der Waals surface area (Å²) >= 11 is 0. The van der Waals surface area contributed by atoms with Crippen molar-refractivity contribution in [1.82, 2.24) is 0 Å². The number of aliphatic hydroxyl groups excluding tert-OH is 1. The first-order valence-electron chi connectivity index (χ1n) is 4.28. The Hall–Kier alpha value is -0.830. The second kappa shape index (κ2) is 2.59. The summed E-state index contributed by atoms with van der Waals surface area (Å²) in [5.74, 6) is -0.461. The lowest BCUT2D eigenvalue weighted by Crippen LogP contribution is -2.33. The minimum atomic E-state index is -0.428. The third kappa shape index (κ3) is 0.966. The quantitative estimate of drug-likeness (QED) is 0.426. The Morgan fingerprint density at radius 1 is 1.50 bits per heavy atom. The predicted molar refractivity (Wildman–Crippen MR) is 42.4 cm³/mol. The summed E-state index contributed by atoms with van der Waals surface area (Å²) in [6.45, 7) is 3.64. The van der Waals surface area contributed by atoms with Crippen molar-refractivity contribution in [2.45, 2.75) is 31.5 Å². The summed E-state index contributed by atoms with van der Waals surface area (Å²) in [5.41, 5.74) is 0.451. The van der Waals surface area contributed by atoms with Gasteiger partial charge in [0.25, 0.3) is 0 Å². The third-order valence-corrected chi connectivity index (χ3v) is 2.73. The van der Waals surface area contributed by atoms with Gasteiger partial charge in [-0.3, -0.25) is 0 Å². The fourth-order valence-corrected chi connectivity index (χ4v) is 2.07. The van der Waals surface area contributed by atoms with E-state index in [1.54, 1.807) is 0 Å². The van der Waals surface area contributed by atoms with E-state index in [-0.39, 0.29) is 18.0 Å². The summed E-state index contributed by atoms with van der Waals surface area (Å²) in [5, 5.41) is 9.57. The van der Waals surface area contributed by atoms with Gasteiger partial charge in [-0.2, -0.15) is 0 Å². The summed E-state index contributed by atoms with van der Waals surface area (Å²) < 4.78 is 5.05. The fraction of sp³-hybridized carbons (Fsp3) is 0.667. The number of fused-ring (bicyclic) bond motifs is 1. The largest absolute Gasteiger partial charge is 0.458 e. The zero-order chi connectivity index (χ0) is 8.72. The second-order valence-electron chi connectivity index (χ2n) is 3.49. The molecule has 2 rings (SSSR count). The van der Waals surface area contributed by atoms with Gasteiger partial charge in [0, 0.05) is 5.57 Å². The van der Waals surface area contributed by atoms with Crippen molar-refractivity contribution in [3.05, 3.63) is 12.2 Å². The van der Waals surface area contributed by atoms with E-state index >= 15 is 0 Å². The van der Waals surface area contributed by atoms with E-state index < -0.39 is 6.10 Å². The van der Waals surface area contributed by atoms with Crippen LogP contribution in [-0.2, 0) is 9.53 Å². The third-order valence-electron chi connectivity index (χ3n) is 2.73. The lowest BCUT2D eigenvalue weighted by molar-refractivity contribution is -0.140. The van der Waals surface area contributed by atoms with Crippen molar-refractivity contribution in [3.63, 3.8) is 0 Å². The van der Waals surface area contributed by atoms with Gasteiger partial charge in [-0.25, -0.2) is 4.79 Å². The molecule has 1 aliphatic heterocycles. The van der Waals surface area contributed by atoms with Gasteiger partial charge in [-0.05, 0) is 19.3 Å². The van der Waals surface area contributed by atoms with Gasteiger partial charge < -0.3 is 9.84 Å². The lowest BCUT2D eigenvalue weighted by Gasteiger charge is -2.27. The average Bonchev–Trinajstić information content (AvgIpc) is 2.29. The number of hydrogen-bond donors (Lipinski definition) is 1. The molecule has 2 fully saturated rings. The van der Waals surface area contributed by atoms with Gasteiger partial charge in [0.15, 0.2) is 0 Å². The Morgan fingerprint density at radius 3 is 2.92 bits per heavy atom. The van der Waals surface area contributed by atoms with Crippen LogP contribution in [0.15, 0.2) is 12.2 Å². The summed E-state index contributed by atoms with van der Waals surface area (Å²) in [4.78, 5) is 11.1. The minimum Gasteiger partial charge on any atom is -0.458 e. The van der Waals surface area contributed by atoms with Crippen LogP contribution in [0.5, 0.6) is 0 Å². The maximum Gasteiger partial charge on any atom is 0.334 e. The van der Waals surface area contributed by atoms with E-state index in [0.717, 1.165) is 19.3 Å². The molecule has 1 heterocycles. The first-order valence-corrected chi connectivity index (χ1v) is 4.28. The van der Waals surface area contributed by atoms with Crippen molar-refractivity contribution in [1.29, 1.82) is 0 Å². The number of esters is 1. The first kappa shape index (κ1) is 7.80. The smallest absolute Gasteiger partial charge is 0.334 e. The molecular weight excluding hydrogens is 156 g/mol. The van der Waals surface area contributed by atoms with Crippen LogP contribution in [0.2, 0.25) is 0 Å². The van der Waals surface area contributed by atoms with E-state index in [1.807, 2.05) is 0 Å². The van der Waals surface area contributed by atoms with E-state index in [2.05, 4.69) is 6.58 Å². The molecular formula is C9H12O3. The molecule has 0 aromatic rings. The standard InChI is InChI=1S/C9H12O3/c1-5-8-6(10)3-2-4-7(8)12-9(5)11/h6-8,10H,1-4H2/t6-,7?,8?/m1/s1. The van der Waals surface area contributed by atoms with Gasteiger partial charge in [0.05, 0.1) is 12.0 Å². The number of ether oxygens (including phenoxy) is 1. The first-order chi connectivity index (χ1) is 5.70. The molecule has 12 heavy (non-hydrogen) atoms. The zero-order valence-electron chi connectivity index (χ0n) is 6.82. The van der Waals surface area contributed by atoms with E-state index in [4.69, 9.17) is 4.74 Å². The van der Waals surface area contributed by atoms with E-state index in [0.29, 0.717) is 5.57 Å². The monoisotopic (exact) mass is 168 g/mol. The number of carbonyl (C=O) groups is 1. The SMILES string of the molecule is C=C1C(=O)OC2CCC[C@@H](O)C12. The minimum absolute atomic E-state index is 0.103. The molecule has 0 bridgehead atoms. The molecule has 0 aromatic heterocycles. The van der Waals surface area contributed by atoms with Crippen LogP contribution in [-0.4, -0.2) is 23.3 Å². The highest BCUT2D eigenvalue weighted by molar-refractivity contribution is 5.91. The molecule has 0 spiro atoms. The fourth-order valence-electron chi connectivity index (χ4n) is 2.07. The molecule has 3 heteroatoms. The molecule has 3 atom stereocenters. The molecule has 1 saturated carbocycles. The second-order valence-corrected chi connectivity index (χ2v) is 3.49. The van der Waals surface area contributed by atoms with Crippen molar-refractivity contribution < 1.29 is 14.6 Å². The summed E-state index contributed by atoms with van der Waals surface area (Å²) in [6.07, 6.45) is 2.03. The van der Waals surface area contributed by atoms with Crippen LogP contribution in [0.25, 0.3) is 0 Å². The summed E-state index contributed by atoms with van der Waals surface area (Å²) in [6, 6.07) is 0. The molecule has 1 aliphatic carbocycles. The normalized spacial score (nSPS) is 40.9. The molecule has 1 N–H and O–H groups in total. The van der Waals surface area contributed by atoms with E-state index in [9.17, 15) is 9.90 Å².